The highest BCUT2D eigenvalue weighted by atomic mass is 16.5. The molecule has 6 nitrogen and oxygen atoms in total. The zero-order valence-electron chi connectivity index (χ0n) is 7.55. The number of nitrogens with one attached hydrogen (secondary N) is 2. The molecule has 0 fully saturated rings. The van der Waals surface area contributed by atoms with Crippen LogP contribution >= 0.6 is 0 Å². The van der Waals surface area contributed by atoms with Crippen molar-refractivity contribution >= 4 is 17.9 Å². The largest absolute Gasteiger partial charge is 0.469 e. The van der Waals surface area contributed by atoms with E-state index in [1.165, 1.54) is 14.2 Å². The summed E-state index contributed by atoms with van der Waals surface area (Å²) in [5.41, 5.74) is 0. The summed E-state index contributed by atoms with van der Waals surface area (Å²) in [6.07, 6.45) is -0.0161. The Kier molecular flexibility index (Phi) is 5.25. The molecule has 0 atom stereocenters. The highest BCUT2D eigenvalue weighted by Gasteiger charge is 2.07. The lowest BCUT2D eigenvalue weighted by Gasteiger charge is -2.03. The van der Waals surface area contributed by atoms with Gasteiger partial charge in [0.25, 0.3) is 6.02 Å². The summed E-state index contributed by atoms with van der Waals surface area (Å²) < 4.78 is 8.72. The predicted octanol–water partition coefficient (Wildman–Crippen LogP) is -0.363. The number of hydrogen-bond acceptors (Lipinski definition) is 5. The van der Waals surface area contributed by atoms with Gasteiger partial charge in [-0.3, -0.25) is 20.3 Å². The first-order valence-corrected chi connectivity index (χ1v) is 3.59. The molecule has 0 unspecified atom stereocenters. The molecule has 1 amide bonds. The number of hydrogen-bond donors (Lipinski definition) is 2. The van der Waals surface area contributed by atoms with E-state index < -0.39 is 11.9 Å². The van der Waals surface area contributed by atoms with Crippen LogP contribution in [0.4, 0.5) is 0 Å². The molecule has 74 valence electrons. The van der Waals surface area contributed by atoms with Crippen molar-refractivity contribution in [3.63, 3.8) is 0 Å². The van der Waals surface area contributed by atoms with Gasteiger partial charge < -0.3 is 9.47 Å². The molecule has 6 heteroatoms. The van der Waals surface area contributed by atoms with E-state index in [4.69, 9.17) is 5.41 Å². The summed E-state index contributed by atoms with van der Waals surface area (Å²) in [6.45, 7) is 0. The topological polar surface area (TPSA) is 88.5 Å². The van der Waals surface area contributed by atoms with Gasteiger partial charge in [-0.25, -0.2) is 0 Å². The summed E-state index contributed by atoms with van der Waals surface area (Å²) in [5.74, 6) is -0.906. The van der Waals surface area contributed by atoms with E-state index in [0.29, 0.717) is 0 Å². The van der Waals surface area contributed by atoms with Gasteiger partial charge in [0.1, 0.15) is 0 Å². The molecule has 0 aliphatic heterocycles. The van der Waals surface area contributed by atoms with Crippen LogP contribution in [0, 0.1) is 5.41 Å². The van der Waals surface area contributed by atoms with Gasteiger partial charge in [-0.05, 0) is 0 Å². The number of methoxy groups -OCH3 is 2. The first-order valence-electron chi connectivity index (χ1n) is 3.59. The minimum Gasteiger partial charge on any atom is -0.469 e. The van der Waals surface area contributed by atoms with Gasteiger partial charge in [0.2, 0.25) is 5.91 Å². The Balaban J connectivity index is 3.63. The molecular formula is C7H12N2O4. The molecule has 0 rings (SSSR count). The molecule has 0 saturated carbocycles. The zero-order valence-corrected chi connectivity index (χ0v) is 7.55. The average Bonchev–Trinajstić information content (AvgIpc) is 2.13. The van der Waals surface area contributed by atoms with E-state index in [1.54, 1.807) is 0 Å². The van der Waals surface area contributed by atoms with Gasteiger partial charge in [-0.2, -0.15) is 0 Å². The number of ether oxygens (including phenoxy) is 2. The molecule has 0 radical (unpaired) electrons. The number of carbonyl (C=O) groups excluding carboxylic acids is 2. The normalized spacial score (nSPS) is 8.77. The highest BCUT2D eigenvalue weighted by Crippen LogP contribution is 1.91. The zero-order chi connectivity index (χ0) is 10.3. The Morgan fingerprint density at radius 1 is 1.23 bits per heavy atom. The lowest BCUT2D eigenvalue weighted by molar-refractivity contribution is -0.142. The van der Waals surface area contributed by atoms with Crippen LogP contribution in [0.1, 0.15) is 12.8 Å². The molecule has 0 saturated heterocycles. The van der Waals surface area contributed by atoms with Gasteiger partial charge in [0.15, 0.2) is 0 Å². The minimum atomic E-state index is -0.459. The predicted molar refractivity (Wildman–Crippen MR) is 44.1 cm³/mol. The molecule has 2 N–H and O–H groups in total. The number of amidine groups is 1. The maximum atomic E-state index is 10.9. The van der Waals surface area contributed by atoms with Gasteiger partial charge in [0.05, 0.1) is 20.6 Å². The summed E-state index contributed by atoms with van der Waals surface area (Å²) in [7, 11) is 2.51. The summed E-state index contributed by atoms with van der Waals surface area (Å²) in [5, 5.41) is 9.05. The Bertz CT molecular complexity index is 215. The quantitative estimate of drug-likeness (QED) is 0.359. The molecule has 0 spiro atoms. The first-order chi connectivity index (χ1) is 6.10. The molecule has 0 heterocycles. The Labute approximate surface area is 75.7 Å². The van der Waals surface area contributed by atoms with Crippen molar-refractivity contribution in [2.24, 2.45) is 0 Å². The van der Waals surface area contributed by atoms with Crippen molar-refractivity contribution < 1.29 is 19.1 Å². The van der Waals surface area contributed by atoms with Crippen molar-refractivity contribution in [3.8, 4) is 0 Å². The highest BCUT2D eigenvalue weighted by molar-refractivity contribution is 5.93. The Morgan fingerprint density at radius 2 is 1.85 bits per heavy atom. The monoisotopic (exact) mass is 188 g/mol. The van der Waals surface area contributed by atoms with Crippen LogP contribution < -0.4 is 5.32 Å². The van der Waals surface area contributed by atoms with Crippen LogP contribution in [0.5, 0.6) is 0 Å². The van der Waals surface area contributed by atoms with Crippen molar-refractivity contribution in [3.05, 3.63) is 0 Å². The molecule has 0 aromatic rings. The molecule has 0 aromatic heterocycles. The molecule has 0 bridgehead atoms. The second-order valence-corrected chi connectivity index (χ2v) is 2.16. The van der Waals surface area contributed by atoms with Crippen LogP contribution in [0.15, 0.2) is 0 Å². The Morgan fingerprint density at radius 3 is 2.31 bits per heavy atom. The Hall–Kier alpha value is -1.59. The summed E-state index contributed by atoms with van der Waals surface area (Å²) in [4.78, 5) is 21.5. The van der Waals surface area contributed by atoms with Gasteiger partial charge >= 0.3 is 5.97 Å². The van der Waals surface area contributed by atoms with E-state index >= 15 is 0 Å². The fourth-order valence-corrected chi connectivity index (χ4v) is 0.558. The van der Waals surface area contributed by atoms with Crippen molar-refractivity contribution in [2.45, 2.75) is 12.8 Å². The van der Waals surface area contributed by atoms with Gasteiger partial charge in [-0.1, -0.05) is 0 Å². The lowest BCUT2D eigenvalue weighted by Crippen LogP contribution is -2.31. The first kappa shape index (κ1) is 11.4. The minimum absolute atomic E-state index is 0.000667. The third-order valence-electron chi connectivity index (χ3n) is 1.24. The van der Waals surface area contributed by atoms with Gasteiger partial charge in [0, 0.05) is 6.42 Å². The van der Waals surface area contributed by atoms with Crippen molar-refractivity contribution in [2.75, 3.05) is 14.2 Å². The van der Waals surface area contributed by atoms with E-state index in [-0.39, 0.29) is 18.9 Å². The van der Waals surface area contributed by atoms with E-state index in [9.17, 15) is 9.59 Å². The lowest BCUT2D eigenvalue weighted by atomic mass is 10.3. The van der Waals surface area contributed by atoms with E-state index in [2.05, 4.69) is 14.8 Å². The summed E-state index contributed by atoms with van der Waals surface area (Å²) in [6, 6.07) is -0.338. The van der Waals surface area contributed by atoms with E-state index in [1.807, 2.05) is 0 Å². The fraction of sp³-hybridized carbons (Fsp3) is 0.571. The number of carbonyl (C=O) groups is 2. The second kappa shape index (κ2) is 5.99. The molecular weight excluding hydrogens is 176 g/mol. The van der Waals surface area contributed by atoms with Gasteiger partial charge in [-0.15, -0.1) is 0 Å². The fourth-order valence-electron chi connectivity index (χ4n) is 0.558. The van der Waals surface area contributed by atoms with Crippen LogP contribution in [-0.2, 0) is 19.1 Å². The number of rotatable bonds is 3. The smallest absolute Gasteiger partial charge is 0.306 e. The standard InChI is InChI=1S/C7H12N2O4/c1-12-6(11)4-3-5(10)9-7(8)13-2/h3-4H2,1-2H3,(H2,8,9,10). The van der Waals surface area contributed by atoms with Crippen LogP contribution in [-0.4, -0.2) is 32.1 Å². The second-order valence-electron chi connectivity index (χ2n) is 2.16. The maximum absolute atomic E-state index is 10.9. The van der Waals surface area contributed by atoms with E-state index in [0.717, 1.165) is 0 Å². The van der Waals surface area contributed by atoms with Crippen LogP contribution in [0.2, 0.25) is 0 Å². The number of esters is 1. The third-order valence-corrected chi connectivity index (χ3v) is 1.24. The molecule has 13 heavy (non-hydrogen) atoms. The number of amides is 1. The maximum Gasteiger partial charge on any atom is 0.306 e. The van der Waals surface area contributed by atoms with Crippen molar-refractivity contribution in [1.29, 1.82) is 5.41 Å². The van der Waals surface area contributed by atoms with Crippen LogP contribution in [0.25, 0.3) is 0 Å². The molecule has 0 aliphatic carbocycles. The third kappa shape index (κ3) is 5.66. The molecule has 0 aliphatic rings. The average molecular weight is 188 g/mol. The van der Waals surface area contributed by atoms with Crippen LogP contribution in [0.3, 0.4) is 0 Å². The summed E-state index contributed by atoms with van der Waals surface area (Å²) >= 11 is 0. The van der Waals surface area contributed by atoms with Crippen molar-refractivity contribution in [1.82, 2.24) is 5.32 Å². The SMILES string of the molecule is COC(=N)NC(=O)CCC(=O)OC. The molecule has 0 aromatic carbocycles.